The molecular formula is C18H20N4O3S. The fourth-order valence-electron chi connectivity index (χ4n) is 2.52. The number of hydrogen-bond acceptors (Lipinski definition) is 4. The Bertz CT molecular complexity index is 951. The number of nitrogens with zero attached hydrogens (tertiary/aromatic N) is 2. The number of carbonyl (C=O) groups is 1. The molecule has 26 heavy (non-hydrogen) atoms. The van der Waals surface area contributed by atoms with E-state index in [4.69, 9.17) is 0 Å². The maximum Gasteiger partial charge on any atom is 0.314 e. The predicted molar refractivity (Wildman–Crippen MR) is 98.8 cm³/mol. The average Bonchev–Trinajstić information content (AvgIpc) is 3.05. The summed E-state index contributed by atoms with van der Waals surface area (Å²) in [6.45, 7) is 0.471. The third kappa shape index (κ3) is 4.60. The van der Waals surface area contributed by atoms with Crippen molar-refractivity contribution in [1.29, 1.82) is 0 Å². The molecule has 2 aromatic heterocycles. The highest BCUT2D eigenvalue weighted by atomic mass is 32.2. The number of amides is 2. The molecule has 0 fully saturated rings. The molecule has 0 radical (unpaired) electrons. The van der Waals surface area contributed by atoms with E-state index >= 15 is 0 Å². The summed E-state index contributed by atoms with van der Waals surface area (Å²) in [4.78, 5) is 16.5. The monoisotopic (exact) mass is 372 g/mol. The van der Waals surface area contributed by atoms with Gasteiger partial charge in [-0.15, -0.1) is 0 Å². The van der Waals surface area contributed by atoms with Crippen molar-refractivity contribution in [3.05, 3.63) is 66.6 Å². The summed E-state index contributed by atoms with van der Waals surface area (Å²) in [5.74, 6) is -0.142. The highest BCUT2D eigenvalue weighted by molar-refractivity contribution is 7.91. The number of pyridine rings is 1. The first-order valence-electron chi connectivity index (χ1n) is 8.27. The molecule has 0 saturated heterocycles. The van der Waals surface area contributed by atoms with Gasteiger partial charge in [-0.2, -0.15) is 0 Å². The Morgan fingerprint density at radius 3 is 2.50 bits per heavy atom. The molecule has 2 heterocycles. The van der Waals surface area contributed by atoms with Crippen molar-refractivity contribution in [2.75, 3.05) is 18.8 Å². The van der Waals surface area contributed by atoms with Crippen LogP contribution in [0.1, 0.15) is 5.69 Å². The second-order valence-electron chi connectivity index (χ2n) is 5.76. The van der Waals surface area contributed by atoms with E-state index < -0.39 is 15.9 Å². The lowest BCUT2D eigenvalue weighted by Crippen LogP contribution is -2.38. The van der Waals surface area contributed by atoms with Crippen LogP contribution in [-0.4, -0.2) is 42.7 Å². The zero-order valence-electron chi connectivity index (χ0n) is 14.1. The minimum atomic E-state index is -3.39. The number of urea groups is 1. The molecule has 7 nitrogen and oxygen atoms in total. The van der Waals surface area contributed by atoms with Gasteiger partial charge in [0.05, 0.1) is 16.3 Å². The van der Waals surface area contributed by atoms with Gasteiger partial charge in [-0.05, 0) is 24.3 Å². The van der Waals surface area contributed by atoms with E-state index in [9.17, 15) is 13.2 Å². The van der Waals surface area contributed by atoms with Crippen LogP contribution in [0.5, 0.6) is 0 Å². The van der Waals surface area contributed by atoms with Crippen LogP contribution in [0.3, 0.4) is 0 Å². The summed E-state index contributed by atoms with van der Waals surface area (Å²) in [6, 6.07) is 13.6. The van der Waals surface area contributed by atoms with E-state index in [1.165, 1.54) is 0 Å². The van der Waals surface area contributed by atoms with Gasteiger partial charge in [0.1, 0.15) is 5.65 Å². The van der Waals surface area contributed by atoms with E-state index in [1.807, 2.05) is 35.0 Å². The number of imidazole rings is 1. The molecule has 2 amide bonds. The molecule has 0 atom stereocenters. The summed E-state index contributed by atoms with van der Waals surface area (Å²) in [7, 11) is -3.39. The Balaban J connectivity index is 1.40. The Labute approximate surface area is 152 Å². The van der Waals surface area contributed by atoms with Crippen LogP contribution < -0.4 is 10.6 Å². The smallest absolute Gasteiger partial charge is 0.314 e. The van der Waals surface area contributed by atoms with Gasteiger partial charge < -0.3 is 15.0 Å². The van der Waals surface area contributed by atoms with Gasteiger partial charge in [-0.25, -0.2) is 18.2 Å². The topological polar surface area (TPSA) is 92.6 Å². The number of fused-ring (bicyclic) bond motifs is 1. The first-order valence-corrected chi connectivity index (χ1v) is 9.92. The molecule has 1 aromatic carbocycles. The van der Waals surface area contributed by atoms with Crippen molar-refractivity contribution >= 4 is 21.5 Å². The maximum atomic E-state index is 12.1. The number of rotatable bonds is 7. The molecule has 0 bridgehead atoms. The lowest BCUT2D eigenvalue weighted by atomic mass is 10.3. The molecule has 0 aliphatic carbocycles. The van der Waals surface area contributed by atoms with E-state index in [1.54, 1.807) is 30.3 Å². The third-order valence-corrected chi connectivity index (χ3v) is 5.57. The van der Waals surface area contributed by atoms with Gasteiger partial charge in [-0.3, -0.25) is 0 Å². The van der Waals surface area contributed by atoms with E-state index in [2.05, 4.69) is 15.6 Å². The number of nitrogens with one attached hydrogen (secondary N) is 2. The van der Waals surface area contributed by atoms with Gasteiger partial charge in [0, 0.05) is 31.9 Å². The van der Waals surface area contributed by atoms with Crippen LogP contribution in [0.4, 0.5) is 4.79 Å². The van der Waals surface area contributed by atoms with Crippen molar-refractivity contribution in [3.8, 4) is 0 Å². The molecule has 8 heteroatoms. The lowest BCUT2D eigenvalue weighted by Gasteiger charge is -2.08. The summed E-state index contributed by atoms with van der Waals surface area (Å²) in [5, 5.41) is 5.27. The van der Waals surface area contributed by atoms with Crippen LogP contribution in [0, 0.1) is 0 Å². The molecule has 0 saturated carbocycles. The quantitative estimate of drug-likeness (QED) is 0.660. The number of carbonyl (C=O) groups excluding carboxylic acids is 1. The van der Waals surface area contributed by atoms with Gasteiger partial charge >= 0.3 is 6.03 Å². The third-order valence-electron chi connectivity index (χ3n) is 3.84. The average molecular weight is 372 g/mol. The maximum absolute atomic E-state index is 12.1. The molecule has 0 aliphatic rings. The molecular weight excluding hydrogens is 352 g/mol. The van der Waals surface area contributed by atoms with Crippen molar-refractivity contribution in [1.82, 2.24) is 20.0 Å². The predicted octanol–water partition coefficient (Wildman–Crippen LogP) is 1.65. The SMILES string of the molecule is O=C(NCCc1cn2ccccc2n1)NCCS(=O)(=O)c1ccccc1. The van der Waals surface area contributed by atoms with Crippen LogP contribution in [0.2, 0.25) is 0 Å². The number of benzene rings is 1. The summed E-state index contributed by atoms with van der Waals surface area (Å²) in [6.07, 6.45) is 4.43. The van der Waals surface area contributed by atoms with Gasteiger partial charge in [0.15, 0.2) is 9.84 Å². The number of hydrogen-bond donors (Lipinski definition) is 2. The van der Waals surface area contributed by atoms with E-state index in [0.717, 1.165) is 11.3 Å². The van der Waals surface area contributed by atoms with E-state index in [0.29, 0.717) is 13.0 Å². The zero-order chi connectivity index (χ0) is 18.4. The fraction of sp³-hybridized carbons (Fsp3) is 0.222. The first-order chi connectivity index (χ1) is 12.5. The number of aromatic nitrogens is 2. The van der Waals surface area contributed by atoms with Crippen molar-refractivity contribution in [2.24, 2.45) is 0 Å². The van der Waals surface area contributed by atoms with Crippen LogP contribution in [-0.2, 0) is 16.3 Å². The molecule has 0 unspecified atom stereocenters. The van der Waals surface area contributed by atoms with Crippen molar-refractivity contribution < 1.29 is 13.2 Å². The van der Waals surface area contributed by atoms with Crippen molar-refractivity contribution in [2.45, 2.75) is 11.3 Å². The molecule has 0 spiro atoms. The molecule has 3 rings (SSSR count). The first kappa shape index (κ1) is 17.9. The van der Waals surface area contributed by atoms with Crippen molar-refractivity contribution in [3.63, 3.8) is 0 Å². The molecule has 2 N–H and O–H groups in total. The Hall–Kier alpha value is -2.87. The van der Waals surface area contributed by atoms with Crippen LogP contribution in [0.15, 0.2) is 65.8 Å². The Kier molecular flexibility index (Phi) is 5.52. The fourth-order valence-corrected chi connectivity index (χ4v) is 3.70. The standard InChI is InChI=1S/C18H20N4O3S/c23-18(20-11-13-26(24,25)16-6-2-1-3-7-16)19-10-9-15-14-22-12-5-4-8-17(22)21-15/h1-8,12,14H,9-11,13H2,(H2,19,20,23). The normalized spacial score (nSPS) is 11.4. The van der Waals surface area contributed by atoms with E-state index in [-0.39, 0.29) is 17.2 Å². The van der Waals surface area contributed by atoms with Crippen LogP contribution in [0.25, 0.3) is 5.65 Å². The number of sulfone groups is 1. The largest absolute Gasteiger partial charge is 0.338 e. The zero-order valence-corrected chi connectivity index (χ0v) is 14.9. The molecule has 136 valence electrons. The lowest BCUT2D eigenvalue weighted by molar-refractivity contribution is 0.241. The molecule has 3 aromatic rings. The minimum Gasteiger partial charge on any atom is -0.338 e. The van der Waals surface area contributed by atoms with Gasteiger partial charge in [0.2, 0.25) is 0 Å². The van der Waals surface area contributed by atoms with Gasteiger partial charge in [-0.1, -0.05) is 24.3 Å². The van der Waals surface area contributed by atoms with Crippen LogP contribution >= 0.6 is 0 Å². The molecule has 0 aliphatic heterocycles. The summed E-state index contributed by atoms with van der Waals surface area (Å²) < 4.78 is 26.2. The summed E-state index contributed by atoms with van der Waals surface area (Å²) in [5.41, 5.74) is 1.74. The van der Waals surface area contributed by atoms with Gasteiger partial charge in [0.25, 0.3) is 0 Å². The minimum absolute atomic E-state index is 0.0530. The summed E-state index contributed by atoms with van der Waals surface area (Å²) >= 11 is 0. The highest BCUT2D eigenvalue weighted by Crippen LogP contribution is 2.09. The second-order valence-corrected chi connectivity index (χ2v) is 7.87. The second kappa shape index (κ2) is 8.01. The highest BCUT2D eigenvalue weighted by Gasteiger charge is 2.13. The Morgan fingerprint density at radius 1 is 1.00 bits per heavy atom. The Morgan fingerprint density at radius 2 is 1.73 bits per heavy atom.